The summed E-state index contributed by atoms with van der Waals surface area (Å²) in [6, 6.07) is 7.68. The third-order valence-corrected chi connectivity index (χ3v) is 6.10. The molecular formula is C21H25N3O4S2. The molecule has 0 spiro atoms. The van der Waals surface area contributed by atoms with Crippen LogP contribution in [0, 0.1) is 0 Å². The normalized spacial score (nSPS) is 20.8. The molecule has 1 aromatic rings. The second kappa shape index (κ2) is 10.6. The molecule has 2 saturated heterocycles. The molecule has 3 aliphatic rings. The number of benzene rings is 1. The third-order valence-electron chi connectivity index (χ3n) is 4.70. The average Bonchev–Trinajstić information content (AvgIpc) is 3.25. The number of ether oxygens (including phenoxy) is 1. The molecule has 7 nitrogen and oxygen atoms in total. The summed E-state index contributed by atoms with van der Waals surface area (Å²) in [5, 5.41) is 12.1. The Bertz CT molecular complexity index is 869. The smallest absolute Gasteiger partial charge is 0.323 e. The van der Waals surface area contributed by atoms with E-state index in [0.717, 1.165) is 34.6 Å². The molecule has 0 aliphatic carbocycles. The molecule has 3 heterocycles. The standard InChI is InChI=1S/C16H14N2O4S2.C5H11N/c1-2-17-10-5-3-4-6-11(10)22-13(17)8-7-12-15(21)18(9-14(19)20)16(23)24-12;1-2-4-6-5-3-1/h3-8H,2,9H2,1H3,(H,19,20);6H,1-5H2/b12-7-,13-8+;. The van der Waals surface area contributed by atoms with Gasteiger partial charge in [-0.05, 0) is 51.1 Å². The number of hydrogen-bond acceptors (Lipinski definition) is 7. The van der Waals surface area contributed by atoms with E-state index >= 15 is 0 Å². The van der Waals surface area contributed by atoms with Crippen LogP contribution in [0.4, 0.5) is 5.69 Å². The van der Waals surface area contributed by atoms with Crippen LogP contribution in [-0.4, -0.2) is 52.4 Å². The first kappa shape index (κ1) is 22.3. The SMILES string of the molecule is C1CCNCC1.CCN1/C(=C\C=C2/SC(=S)N(CC(=O)O)C2=O)Oc2ccccc21. The van der Waals surface area contributed by atoms with Gasteiger partial charge in [0.2, 0.25) is 5.88 Å². The van der Waals surface area contributed by atoms with E-state index < -0.39 is 18.4 Å². The molecule has 0 saturated carbocycles. The van der Waals surface area contributed by atoms with E-state index in [9.17, 15) is 9.59 Å². The molecule has 1 aromatic carbocycles. The molecule has 2 fully saturated rings. The number of piperidine rings is 1. The summed E-state index contributed by atoms with van der Waals surface area (Å²) in [4.78, 5) is 26.5. The number of carbonyl (C=O) groups excluding carboxylic acids is 1. The Hall–Kier alpha value is -2.36. The lowest BCUT2D eigenvalue weighted by molar-refractivity contribution is -0.140. The first-order chi connectivity index (χ1) is 14.5. The number of aliphatic carboxylic acids is 1. The van der Waals surface area contributed by atoms with Crippen molar-refractivity contribution in [3.63, 3.8) is 0 Å². The minimum atomic E-state index is -1.10. The molecule has 2 N–H and O–H groups in total. The lowest BCUT2D eigenvalue weighted by Crippen LogP contribution is -2.33. The fourth-order valence-electron chi connectivity index (χ4n) is 3.24. The molecule has 9 heteroatoms. The molecule has 0 aromatic heterocycles. The van der Waals surface area contributed by atoms with Crippen LogP contribution in [0.15, 0.2) is 47.2 Å². The number of hydrogen-bond donors (Lipinski definition) is 2. The zero-order valence-corrected chi connectivity index (χ0v) is 18.4. The van der Waals surface area contributed by atoms with Crippen LogP contribution in [0.25, 0.3) is 0 Å². The maximum absolute atomic E-state index is 12.2. The molecule has 0 bridgehead atoms. The average molecular weight is 448 g/mol. The highest BCUT2D eigenvalue weighted by atomic mass is 32.2. The van der Waals surface area contributed by atoms with Crippen LogP contribution >= 0.6 is 24.0 Å². The first-order valence-electron chi connectivity index (χ1n) is 9.94. The van der Waals surface area contributed by atoms with Gasteiger partial charge >= 0.3 is 5.97 Å². The number of carbonyl (C=O) groups is 2. The van der Waals surface area contributed by atoms with E-state index in [1.165, 1.54) is 32.4 Å². The van der Waals surface area contributed by atoms with Gasteiger partial charge in [0, 0.05) is 12.6 Å². The molecule has 4 rings (SSSR count). The number of thiocarbonyl (C=S) groups is 1. The van der Waals surface area contributed by atoms with Gasteiger partial charge in [0.15, 0.2) is 5.75 Å². The van der Waals surface area contributed by atoms with E-state index in [1.54, 1.807) is 12.2 Å². The zero-order chi connectivity index (χ0) is 21.5. The van der Waals surface area contributed by atoms with Crippen LogP contribution in [0.3, 0.4) is 0 Å². The Morgan fingerprint density at radius 2 is 1.97 bits per heavy atom. The maximum Gasteiger partial charge on any atom is 0.323 e. The number of rotatable bonds is 4. The Morgan fingerprint density at radius 3 is 2.57 bits per heavy atom. The summed E-state index contributed by atoms with van der Waals surface area (Å²) in [5.74, 6) is -0.125. The van der Waals surface area contributed by atoms with Crippen molar-refractivity contribution in [1.82, 2.24) is 10.2 Å². The number of carboxylic acids is 1. The fourth-order valence-corrected chi connectivity index (χ4v) is 4.43. The maximum atomic E-state index is 12.2. The minimum Gasteiger partial charge on any atom is -0.480 e. The Kier molecular flexibility index (Phi) is 7.89. The second-order valence-electron chi connectivity index (χ2n) is 6.81. The molecule has 3 aliphatic heterocycles. The summed E-state index contributed by atoms with van der Waals surface area (Å²) in [5.41, 5.74) is 0.970. The zero-order valence-electron chi connectivity index (χ0n) is 16.8. The van der Waals surface area contributed by atoms with Gasteiger partial charge in [0.25, 0.3) is 5.91 Å². The number of thioether (sulfide) groups is 1. The number of amides is 1. The van der Waals surface area contributed by atoms with Crippen LogP contribution in [0.1, 0.15) is 26.2 Å². The lowest BCUT2D eigenvalue weighted by atomic mass is 10.2. The van der Waals surface area contributed by atoms with E-state index in [0.29, 0.717) is 10.8 Å². The number of fused-ring (bicyclic) bond motifs is 1. The van der Waals surface area contributed by atoms with Crippen LogP contribution in [0.2, 0.25) is 0 Å². The quantitative estimate of drug-likeness (QED) is 0.537. The summed E-state index contributed by atoms with van der Waals surface area (Å²) in [6.45, 7) is 4.80. The van der Waals surface area contributed by atoms with Crippen molar-refractivity contribution >= 4 is 45.9 Å². The van der Waals surface area contributed by atoms with Crippen molar-refractivity contribution in [2.75, 3.05) is 31.1 Å². The molecule has 160 valence electrons. The van der Waals surface area contributed by atoms with E-state index in [4.69, 9.17) is 22.1 Å². The molecular weight excluding hydrogens is 422 g/mol. The number of anilines is 1. The van der Waals surface area contributed by atoms with Crippen LogP contribution < -0.4 is 15.0 Å². The van der Waals surface area contributed by atoms with E-state index in [1.807, 2.05) is 36.1 Å². The van der Waals surface area contributed by atoms with Crippen molar-refractivity contribution in [2.24, 2.45) is 0 Å². The van der Waals surface area contributed by atoms with Gasteiger partial charge < -0.3 is 20.1 Å². The number of para-hydroxylation sites is 2. The Balaban J connectivity index is 0.000000367. The predicted octanol–water partition coefficient (Wildman–Crippen LogP) is 3.34. The molecule has 0 radical (unpaired) electrons. The Morgan fingerprint density at radius 1 is 1.23 bits per heavy atom. The van der Waals surface area contributed by atoms with Crippen molar-refractivity contribution in [3.05, 3.63) is 47.2 Å². The molecule has 1 amide bonds. The van der Waals surface area contributed by atoms with Gasteiger partial charge in [0.05, 0.1) is 10.6 Å². The number of carboxylic acid groups (broad SMARTS) is 1. The van der Waals surface area contributed by atoms with Gasteiger partial charge in [-0.1, -0.05) is 42.5 Å². The highest BCUT2D eigenvalue weighted by molar-refractivity contribution is 8.26. The monoisotopic (exact) mass is 447 g/mol. The van der Waals surface area contributed by atoms with Crippen LogP contribution in [-0.2, 0) is 9.59 Å². The predicted molar refractivity (Wildman–Crippen MR) is 123 cm³/mol. The summed E-state index contributed by atoms with van der Waals surface area (Å²) in [6.07, 6.45) is 7.54. The highest BCUT2D eigenvalue weighted by Gasteiger charge is 2.33. The van der Waals surface area contributed by atoms with Gasteiger partial charge in [0.1, 0.15) is 10.9 Å². The first-order valence-corrected chi connectivity index (χ1v) is 11.2. The number of nitrogens with one attached hydrogen (secondary N) is 1. The van der Waals surface area contributed by atoms with Crippen molar-refractivity contribution in [3.8, 4) is 5.75 Å². The minimum absolute atomic E-state index is 0.245. The van der Waals surface area contributed by atoms with Crippen molar-refractivity contribution in [1.29, 1.82) is 0 Å². The van der Waals surface area contributed by atoms with Crippen molar-refractivity contribution in [2.45, 2.75) is 26.2 Å². The summed E-state index contributed by atoms with van der Waals surface area (Å²) >= 11 is 6.15. The highest BCUT2D eigenvalue weighted by Crippen LogP contribution is 2.38. The second-order valence-corrected chi connectivity index (χ2v) is 8.49. The van der Waals surface area contributed by atoms with Crippen molar-refractivity contribution < 1.29 is 19.4 Å². The molecule has 0 atom stereocenters. The third kappa shape index (κ3) is 5.41. The van der Waals surface area contributed by atoms with Gasteiger partial charge in [-0.2, -0.15) is 0 Å². The van der Waals surface area contributed by atoms with E-state index in [2.05, 4.69) is 5.32 Å². The van der Waals surface area contributed by atoms with Crippen LogP contribution in [0.5, 0.6) is 5.75 Å². The summed E-state index contributed by atoms with van der Waals surface area (Å²) in [7, 11) is 0. The molecule has 30 heavy (non-hydrogen) atoms. The van der Waals surface area contributed by atoms with E-state index in [-0.39, 0.29) is 4.32 Å². The summed E-state index contributed by atoms with van der Waals surface area (Å²) < 4.78 is 6.05. The van der Waals surface area contributed by atoms with Gasteiger partial charge in [-0.15, -0.1) is 0 Å². The fraction of sp³-hybridized carbons (Fsp3) is 0.381. The lowest BCUT2D eigenvalue weighted by Gasteiger charge is -2.14. The number of nitrogens with zero attached hydrogens (tertiary/aromatic N) is 2. The topological polar surface area (TPSA) is 82.1 Å². The largest absolute Gasteiger partial charge is 0.480 e. The molecule has 0 unspecified atom stereocenters. The van der Waals surface area contributed by atoms with Gasteiger partial charge in [-0.3, -0.25) is 14.5 Å². The van der Waals surface area contributed by atoms with Gasteiger partial charge in [-0.25, -0.2) is 0 Å². The Labute approximate surface area is 185 Å². The number of allylic oxidation sites excluding steroid dienone is 2.